The van der Waals surface area contributed by atoms with Gasteiger partial charge in [0.25, 0.3) is 0 Å². The van der Waals surface area contributed by atoms with E-state index in [1.807, 2.05) is 63.5 Å². The van der Waals surface area contributed by atoms with Crippen molar-refractivity contribution in [2.75, 3.05) is 20.6 Å². The molecule has 1 N–H and O–H groups in total. The zero-order valence-corrected chi connectivity index (χ0v) is 17.0. The summed E-state index contributed by atoms with van der Waals surface area (Å²) in [6.45, 7) is 4.99. The summed E-state index contributed by atoms with van der Waals surface area (Å²) in [6.07, 6.45) is 3.62. The molecule has 2 aromatic carbocycles. The minimum absolute atomic E-state index is 0.116. The molecule has 0 saturated heterocycles. The second-order valence-corrected chi connectivity index (χ2v) is 7.89. The van der Waals surface area contributed by atoms with Crippen LogP contribution in [-0.4, -0.2) is 36.2 Å². The maximum atomic E-state index is 11.7. The van der Waals surface area contributed by atoms with Gasteiger partial charge in [0.1, 0.15) is 0 Å². The fraction of sp³-hybridized carbons (Fsp3) is 0.391. The molecule has 3 heteroatoms. The summed E-state index contributed by atoms with van der Waals surface area (Å²) in [5.74, 6) is 0.116. The van der Waals surface area contributed by atoms with Gasteiger partial charge in [0.15, 0.2) is 0 Å². The van der Waals surface area contributed by atoms with Gasteiger partial charge in [0, 0.05) is 17.5 Å². The van der Waals surface area contributed by atoms with Crippen molar-refractivity contribution in [1.29, 1.82) is 0 Å². The van der Waals surface area contributed by atoms with Crippen LogP contribution in [0.5, 0.6) is 0 Å². The molecule has 140 valence electrons. The zero-order valence-electron chi connectivity index (χ0n) is 16.2. The summed E-state index contributed by atoms with van der Waals surface area (Å²) in [5.41, 5.74) is 2.44. The molecule has 2 unspecified atom stereocenters. The molecule has 0 spiro atoms. The lowest BCUT2D eigenvalue weighted by atomic mass is 9.77. The highest BCUT2D eigenvalue weighted by Crippen LogP contribution is 2.33. The number of benzene rings is 2. The SMILES string of the molecule is C/C(=C\c1ccc(Cl)cc1)C(O)(CCc1ccccc1)C(C)CN(C)C. The first-order valence-electron chi connectivity index (χ1n) is 9.16. The third-order valence-corrected chi connectivity index (χ3v) is 5.28. The van der Waals surface area contributed by atoms with Crippen molar-refractivity contribution in [3.63, 3.8) is 0 Å². The molecule has 0 aliphatic rings. The fourth-order valence-electron chi connectivity index (χ4n) is 3.44. The quantitative estimate of drug-likeness (QED) is 0.680. The van der Waals surface area contributed by atoms with Gasteiger partial charge in [-0.15, -0.1) is 0 Å². The van der Waals surface area contributed by atoms with Crippen LogP contribution in [0, 0.1) is 5.92 Å². The Hall–Kier alpha value is -1.61. The van der Waals surface area contributed by atoms with E-state index >= 15 is 0 Å². The Balaban J connectivity index is 2.27. The maximum absolute atomic E-state index is 11.7. The van der Waals surface area contributed by atoms with E-state index in [0.29, 0.717) is 6.42 Å². The van der Waals surface area contributed by atoms with Gasteiger partial charge in [-0.25, -0.2) is 0 Å². The van der Waals surface area contributed by atoms with Gasteiger partial charge in [0.2, 0.25) is 0 Å². The summed E-state index contributed by atoms with van der Waals surface area (Å²) in [4.78, 5) is 2.13. The van der Waals surface area contributed by atoms with Crippen molar-refractivity contribution < 1.29 is 5.11 Å². The summed E-state index contributed by atoms with van der Waals surface area (Å²) in [6, 6.07) is 18.1. The summed E-state index contributed by atoms with van der Waals surface area (Å²) in [5, 5.41) is 12.4. The van der Waals surface area contributed by atoms with E-state index in [1.54, 1.807) is 0 Å². The lowest BCUT2D eigenvalue weighted by Crippen LogP contribution is -2.43. The molecular formula is C23H30ClNO. The summed E-state index contributed by atoms with van der Waals surface area (Å²) < 4.78 is 0. The average Bonchev–Trinajstić information content (AvgIpc) is 2.61. The second-order valence-electron chi connectivity index (χ2n) is 7.45. The Labute approximate surface area is 163 Å². The first kappa shape index (κ1) is 20.7. The molecule has 0 heterocycles. The van der Waals surface area contributed by atoms with Gasteiger partial charge in [-0.3, -0.25) is 0 Å². The van der Waals surface area contributed by atoms with Crippen LogP contribution in [0.15, 0.2) is 60.2 Å². The second kappa shape index (κ2) is 9.36. The van der Waals surface area contributed by atoms with Crippen molar-refractivity contribution in [3.05, 3.63) is 76.3 Å². The van der Waals surface area contributed by atoms with Crippen LogP contribution in [-0.2, 0) is 6.42 Å². The molecule has 0 saturated carbocycles. The first-order valence-corrected chi connectivity index (χ1v) is 9.54. The Morgan fingerprint density at radius 2 is 1.73 bits per heavy atom. The van der Waals surface area contributed by atoms with E-state index in [-0.39, 0.29) is 5.92 Å². The van der Waals surface area contributed by atoms with Gasteiger partial charge < -0.3 is 10.0 Å². The summed E-state index contributed by atoms with van der Waals surface area (Å²) >= 11 is 5.99. The third-order valence-electron chi connectivity index (χ3n) is 5.03. The smallest absolute Gasteiger partial charge is 0.0898 e. The number of halogens is 1. The van der Waals surface area contributed by atoms with E-state index in [1.165, 1.54) is 5.56 Å². The monoisotopic (exact) mass is 371 g/mol. The molecule has 0 aliphatic heterocycles. The molecule has 0 amide bonds. The lowest BCUT2D eigenvalue weighted by Gasteiger charge is -2.37. The molecule has 2 nitrogen and oxygen atoms in total. The van der Waals surface area contributed by atoms with Gasteiger partial charge in [-0.05, 0) is 62.7 Å². The van der Waals surface area contributed by atoms with Crippen LogP contribution in [0.25, 0.3) is 6.08 Å². The van der Waals surface area contributed by atoms with Crippen LogP contribution in [0.1, 0.15) is 31.4 Å². The largest absolute Gasteiger partial charge is 0.385 e. The predicted octanol–water partition coefficient (Wildman–Crippen LogP) is 5.30. The number of aryl methyl sites for hydroxylation is 1. The number of nitrogens with zero attached hydrogens (tertiary/aromatic N) is 1. The lowest BCUT2D eigenvalue weighted by molar-refractivity contribution is 0.00732. The van der Waals surface area contributed by atoms with E-state index in [2.05, 4.69) is 30.0 Å². The van der Waals surface area contributed by atoms with Crippen molar-refractivity contribution in [2.45, 2.75) is 32.3 Å². The number of rotatable bonds is 8. The van der Waals surface area contributed by atoms with E-state index in [4.69, 9.17) is 11.6 Å². The topological polar surface area (TPSA) is 23.5 Å². The Morgan fingerprint density at radius 1 is 1.12 bits per heavy atom. The molecule has 0 aliphatic carbocycles. The highest BCUT2D eigenvalue weighted by molar-refractivity contribution is 6.30. The molecule has 0 fully saturated rings. The maximum Gasteiger partial charge on any atom is 0.0898 e. The van der Waals surface area contributed by atoms with Gasteiger partial charge in [-0.2, -0.15) is 0 Å². The molecule has 26 heavy (non-hydrogen) atoms. The molecule has 0 radical (unpaired) electrons. The first-order chi connectivity index (χ1) is 12.3. The number of hydrogen-bond acceptors (Lipinski definition) is 2. The standard InChI is InChI=1S/C23H30ClNO/c1-18(16-21-10-12-22(24)13-11-21)23(26,19(2)17-25(3)4)15-14-20-8-6-5-7-9-20/h5-13,16,19,26H,14-15,17H2,1-4H3/b18-16+. The fourth-order valence-corrected chi connectivity index (χ4v) is 3.57. The third kappa shape index (κ3) is 5.70. The normalized spacial score (nSPS) is 15.7. The molecular weight excluding hydrogens is 342 g/mol. The zero-order chi connectivity index (χ0) is 19.2. The minimum atomic E-state index is -0.861. The van der Waals surface area contributed by atoms with Crippen LogP contribution in [0.2, 0.25) is 5.02 Å². The molecule has 2 atom stereocenters. The molecule has 0 aromatic heterocycles. The van der Waals surface area contributed by atoms with E-state index < -0.39 is 5.60 Å². The van der Waals surface area contributed by atoms with Crippen molar-refractivity contribution in [3.8, 4) is 0 Å². The Bertz CT molecular complexity index is 709. The Morgan fingerprint density at radius 3 is 2.31 bits per heavy atom. The summed E-state index contributed by atoms with van der Waals surface area (Å²) in [7, 11) is 4.10. The van der Waals surface area contributed by atoms with Crippen LogP contribution in [0.4, 0.5) is 0 Å². The predicted molar refractivity (Wildman–Crippen MR) is 113 cm³/mol. The average molecular weight is 372 g/mol. The van der Waals surface area contributed by atoms with E-state index in [9.17, 15) is 5.11 Å². The van der Waals surface area contributed by atoms with Crippen LogP contribution >= 0.6 is 11.6 Å². The highest BCUT2D eigenvalue weighted by Gasteiger charge is 2.35. The molecule has 0 bridgehead atoms. The van der Waals surface area contributed by atoms with Crippen molar-refractivity contribution >= 4 is 17.7 Å². The molecule has 2 aromatic rings. The van der Waals surface area contributed by atoms with Crippen molar-refractivity contribution in [1.82, 2.24) is 4.90 Å². The number of hydrogen-bond donors (Lipinski definition) is 1. The van der Waals surface area contributed by atoms with Crippen molar-refractivity contribution in [2.24, 2.45) is 5.92 Å². The number of aliphatic hydroxyl groups is 1. The van der Waals surface area contributed by atoms with E-state index in [0.717, 1.165) is 29.1 Å². The van der Waals surface area contributed by atoms with Gasteiger partial charge in [0.05, 0.1) is 5.60 Å². The minimum Gasteiger partial charge on any atom is -0.385 e. The van der Waals surface area contributed by atoms with Gasteiger partial charge in [-0.1, -0.05) is 67.1 Å². The molecule has 2 rings (SSSR count). The van der Waals surface area contributed by atoms with Gasteiger partial charge >= 0.3 is 0 Å². The highest BCUT2D eigenvalue weighted by atomic mass is 35.5. The Kier molecular flexibility index (Phi) is 7.45. The van der Waals surface area contributed by atoms with Crippen LogP contribution in [0.3, 0.4) is 0 Å². The van der Waals surface area contributed by atoms with Crippen LogP contribution < -0.4 is 0 Å².